The van der Waals surface area contributed by atoms with Crippen molar-refractivity contribution in [2.45, 2.75) is 19.8 Å². The molecule has 76 valence electrons. The Balaban J connectivity index is 2.75. The first kappa shape index (κ1) is 12.0. The van der Waals surface area contributed by atoms with Crippen LogP contribution in [0.3, 0.4) is 0 Å². The number of hydrogen-bond donors (Lipinski definition) is 1. The molecular weight excluding hydrogens is 357 g/mol. The summed E-state index contributed by atoms with van der Waals surface area (Å²) in [4.78, 5) is 11.3. The SMILES string of the molecule is CCCC(=O)Nc1cc(Br)ccc1I. The van der Waals surface area contributed by atoms with Crippen molar-refractivity contribution in [3.8, 4) is 0 Å². The number of hydrogen-bond acceptors (Lipinski definition) is 1. The number of nitrogens with one attached hydrogen (secondary N) is 1. The zero-order valence-electron chi connectivity index (χ0n) is 7.81. The van der Waals surface area contributed by atoms with Crippen molar-refractivity contribution in [1.29, 1.82) is 0 Å². The van der Waals surface area contributed by atoms with Crippen LogP contribution >= 0.6 is 38.5 Å². The molecule has 0 aliphatic carbocycles. The van der Waals surface area contributed by atoms with Crippen molar-refractivity contribution in [3.05, 3.63) is 26.2 Å². The number of carbonyl (C=O) groups is 1. The van der Waals surface area contributed by atoms with Gasteiger partial charge in [-0.2, -0.15) is 0 Å². The average Bonchev–Trinajstić information content (AvgIpc) is 2.12. The van der Waals surface area contributed by atoms with E-state index in [1.54, 1.807) is 0 Å². The lowest BCUT2D eigenvalue weighted by Gasteiger charge is -2.06. The summed E-state index contributed by atoms with van der Waals surface area (Å²) in [6.45, 7) is 1.99. The summed E-state index contributed by atoms with van der Waals surface area (Å²) in [7, 11) is 0. The van der Waals surface area contributed by atoms with Gasteiger partial charge < -0.3 is 5.32 Å². The van der Waals surface area contributed by atoms with Crippen LogP contribution in [0.15, 0.2) is 22.7 Å². The van der Waals surface area contributed by atoms with Crippen molar-refractivity contribution in [2.75, 3.05) is 5.32 Å². The van der Waals surface area contributed by atoms with E-state index in [-0.39, 0.29) is 5.91 Å². The van der Waals surface area contributed by atoms with Gasteiger partial charge in [0, 0.05) is 14.5 Å². The first-order chi connectivity index (χ1) is 6.63. The molecule has 0 spiro atoms. The standard InChI is InChI=1S/C10H11BrINO/c1-2-3-10(14)13-9-6-7(11)4-5-8(9)12/h4-6H,2-3H2,1H3,(H,13,14). The Morgan fingerprint density at radius 3 is 2.93 bits per heavy atom. The molecule has 0 heterocycles. The summed E-state index contributed by atoms with van der Waals surface area (Å²) in [5, 5.41) is 2.88. The highest BCUT2D eigenvalue weighted by molar-refractivity contribution is 14.1. The Morgan fingerprint density at radius 2 is 2.29 bits per heavy atom. The Labute approximate surface area is 106 Å². The molecule has 0 aromatic heterocycles. The topological polar surface area (TPSA) is 29.1 Å². The summed E-state index contributed by atoms with van der Waals surface area (Å²) in [6.07, 6.45) is 1.44. The van der Waals surface area contributed by atoms with Crippen LogP contribution in [0, 0.1) is 3.57 Å². The predicted molar refractivity (Wildman–Crippen MR) is 70.4 cm³/mol. The largest absolute Gasteiger partial charge is 0.325 e. The van der Waals surface area contributed by atoms with E-state index < -0.39 is 0 Å². The van der Waals surface area contributed by atoms with Crippen LogP contribution in [0.4, 0.5) is 5.69 Å². The lowest BCUT2D eigenvalue weighted by atomic mass is 10.3. The highest BCUT2D eigenvalue weighted by Gasteiger charge is 2.04. The van der Waals surface area contributed by atoms with Gasteiger partial charge in [-0.1, -0.05) is 22.9 Å². The maximum absolute atomic E-state index is 11.3. The van der Waals surface area contributed by atoms with Crippen LogP contribution in [0.2, 0.25) is 0 Å². The summed E-state index contributed by atoms with van der Waals surface area (Å²) in [6, 6.07) is 5.83. The van der Waals surface area contributed by atoms with Gasteiger partial charge in [0.25, 0.3) is 0 Å². The molecule has 0 unspecified atom stereocenters. The zero-order chi connectivity index (χ0) is 10.6. The van der Waals surface area contributed by atoms with Gasteiger partial charge in [-0.3, -0.25) is 4.79 Å². The number of amides is 1. The van der Waals surface area contributed by atoms with Crippen LogP contribution in [0.1, 0.15) is 19.8 Å². The molecule has 1 N–H and O–H groups in total. The second-order valence-electron chi connectivity index (χ2n) is 2.92. The quantitative estimate of drug-likeness (QED) is 0.809. The van der Waals surface area contributed by atoms with Gasteiger partial charge in [-0.15, -0.1) is 0 Å². The molecule has 2 nitrogen and oxygen atoms in total. The normalized spacial score (nSPS) is 9.93. The van der Waals surface area contributed by atoms with Crippen LogP contribution in [0.25, 0.3) is 0 Å². The fraction of sp³-hybridized carbons (Fsp3) is 0.300. The second kappa shape index (κ2) is 5.70. The van der Waals surface area contributed by atoms with Gasteiger partial charge >= 0.3 is 0 Å². The number of carbonyl (C=O) groups excluding carboxylic acids is 1. The van der Waals surface area contributed by atoms with Gasteiger partial charge in [-0.05, 0) is 47.2 Å². The van der Waals surface area contributed by atoms with Crippen molar-refractivity contribution in [1.82, 2.24) is 0 Å². The van der Waals surface area contributed by atoms with Gasteiger partial charge in [0.05, 0.1) is 5.69 Å². The number of anilines is 1. The minimum Gasteiger partial charge on any atom is -0.325 e. The Hall–Kier alpha value is -0.100. The van der Waals surface area contributed by atoms with Crippen molar-refractivity contribution >= 4 is 50.1 Å². The minimum absolute atomic E-state index is 0.0727. The minimum atomic E-state index is 0.0727. The molecule has 0 atom stereocenters. The molecular formula is C10H11BrINO. The van der Waals surface area contributed by atoms with E-state index in [0.29, 0.717) is 6.42 Å². The summed E-state index contributed by atoms with van der Waals surface area (Å²) < 4.78 is 2.03. The van der Waals surface area contributed by atoms with Crippen molar-refractivity contribution < 1.29 is 4.79 Å². The molecule has 1 aromatic rings. The van der Waals surface area contributed by atoms with E-state index in [0.717, 1.165) is 20.2 Å². The van der Waals surface area contributed by atoms with Gasteiger partial charge in [-0.25, -0.2) is 0 Å². The fourth-order valence-electron chi connectivity index (χ4n) is 1.03. The number of rotatable bonds is 3. The molecule has 0 bridgehead atoms. The Kier molecular flexibility index (Phi) is 4.88. The molecule has 0 aliphatic heterocycles. The molecule has 0 radical (unpaired) electrons. The monoisotopic (exact) mass is 367 g/mol. The molecule has 14 heavy (non-hydrogen) atoms. The number of benzene rings is 1. The molecule has 1 rings (SSSR count). The lowest BCUT2D eigenvalue weighted by Crippen LogP contribution is -2.11. The third-order valence-electron chi connectivity index (χ3n) is 1.68. The first-order valence-electron chi connectivity index (χ1n) is 4.38. The molecule has 1 amide bonds. The Bertz CT molecular complexity index is 341. The number of halogens is 2. The van der Waals surface area contributed by atoms with E-state index in [1.165, 1.54) is 0 Å². The van der Waals surface area contributed by atoms with Crippen LogP contribution in [0.5, 0.6) is 0 Å². The van der Waals surface area contributed by atoms with Crippen molar-refractivity contribution in [3.63, 3.8) is 0 Å². The predicted octanol–water partition coefficient (Wildman–Crippen LogP) is 3.79. The smallest absolute Gasteiger partial charge is 0.224 e. The molecule has 1 aromatic carbocycles. The molecule has 0 fully saturated rings. The maximum Gasteiger partial charge on any atom is 0.224 e. The molecule has 0 saturated carbocycles. The molecule has 0 saturated heterocycles. The van der Waals surface area contributed by atoms with Crippen LogP contribution in [-0.2, 0) is 4.79 Å². The zero-order valence-corrected chi connectivity index (χ0v) is 11.6. The van der Waals surface area contributed by atoms with Gasteiger partial charge in [0.2, 0.25) is 5.91 Å². The van der Waals surface area contributed by atoms with Crippen LogP contribution < -0.4 is 5.32 Å². The molecule has 0 aliphatic rings. The summed E-state index contributed by atoms with van der Waals surface area (Å²) in [5.41, 5.74) is 0.874. The lowest BCUT2D eigenvalue weighted by molar-refractivity contribution is -0.116. The maximum atomic E-state index is 11.3. The Morgan fingerprint density at radius 1 is 1.57 bits per heavy atom. The summed E-state index contributed by atoms with van der Waals surface area (Å²) in [5.74, 6) is 0.0727. The van der Waals surface area contributed by atoms with E-state index in [2.05, 4.69) is 43.8 Å². The highest BCUT2D eigenvalue weighted by atomic mass is 127. The summed E-state index contributed by atoms with van der Waals surface area (Å²) >= 11 is 5.57. The van der Waals surface area contributed by atoms with Crippen LogP contribution in [-0.4, -0.2) is 5.91 Å². The third-order valence-corrected chi connectivity index (χ3v) is 3.11. The first-order valence-corrected chi connectivity index (χ1v) is 6.25. The average molecular weight is 368 g/mol. The third kappa shape index (κ3) is 3.57. The second-order valence-corrected chi connectivity index (χ2v) is 5.00. The fourth-order valence-corrected chi connectivity index (χ4v) is 1.86. The highest BCUT2D eigenvalue weighted by Crippen LogP contribution is 2.22. The van der Waals surface area contributed by atoms with Gasteiger partial charge in [0.1, 0.15) is 0 Å². The van der Waals surface area contributed by atoms with E-state index in [9.17, 15) is 4.79 Å². The molecule has 4 heteroatoms. The van der Waals surface area contributed by atoms with Gasteiger partial charge in [0.15, 0.2) is 0 Å². The van der Waals surface area contributed by atoms with Crippen molar-refractivity contribution in [2.24, 2.45) is 0 Å². The van der Waals surface area contributed by atoms with E-state index >= 15 is 0 Å². The van der Waals surface area contributed by atoms with E-state index in [1.807, 2.05) is 25.1 Å². The van der Waals surface area contributed by atoms with E-state index in [4.69, 9.17) is 0 Å².